The highest BCUT2D eigenvalue weighted by Crippen LogP contribution is 2.34. The van der Waals surface area contributed by atoms with Crippen molar-refractivity contribution < 1.29 is 9.90 Å². The molecule has 2 rings (SSSR count). The molecule has 0 amide bonds. The Kier molecular flexibility index (Phi) is 4.96. The number of likely N-dealkylation sites (N-methyl/N-ethyl adjacent to an activating group) is 1. The molecular weight excluding hydrogens is 266 g/mol. The van der Waals surface area contributed by atoms with E-state index in [-0.39, 0.29) is 5.54 Å². The molecule has 1 saturated heterocycles. The summed E-state index contributed by atoms with van der Waals surface area (Å²) in [5, 5.41) is 12.8. The zero-order chi connectivity index (χ0) is 15.7. The third kappa shape index (κ3) is 3.58. The van der Waals surface area contributed by atoms with Gasteiger partial charge in [0, 0.05) is 37.8 Å². The first kappa shape index (κ1) is 16.7. The van der Waals surface area contributed by atoms with Crippen LogP contribution in [0.15, 0.2) is 0 Å². The number of carbonyl (C=O) groups is 1. The third-order valence-electron chi connectivity index (χ3n) is 5.19. The smallest absolute Gasteiger partial charge is 0.323 e. The number of carboxylic acids is 1. The molecule has 1 saturated carbocycles. The molecule has 1 heterocycles. The van der Waals surface area contributed by atoms with Crippen LogP contribution in [0.4, 0.5) is 0 Å². The van der Waals surface area contributed by atoms with Gasteiger partial charge in [-0.2, -0.15) is 0 Å². The molecule has 0 aromatic heterocycles. The first-order valence-electron chi connectivity index (χ1n) is 8.26. The van der Waals surface area contributed by atoms with Crippen LogP contribution >= 0.6 is 0 Å². The summed E-state index contributed by atoms with van der Waals surface area (Å²) in [7, 11) is 0. The lowest BCUT2D eigenvalue weighted by molar-refractivity contribution is -0.144. The lowest BCUT2D eigenvalue weighted by atomic mass is 9.97. The average Bonchev–Trinajstić information content (AvgIpc) is 2.84. The largest absolute Gasteiger partial charge is 0.480 e. The first-order valence-corrected chi connectivity index (χ1v) is 8.26. The molecule has 0 aromatic carbocycles. The minimum absolute atomic E-state index is 0.232. The van der Waals surface area contributed by atoms with Gasteiger partial charge in [0.25, 0.3) is 0 Å². The van der Waals surface area contributed by atoms with Crippen LogP contribution in [0.25, 0.3) is 0 Å². The Morgan fingerprint density at radius 1 is 1.29 bits per heavy atom. The number of hydrogen-bond acceptors (Lipinski definition) is 4. The van der Waals surface area contributed by atoms with Crippen LogP contribution in [0, 0.1) is 0 Å². The first-order chi connectivity index (χ1) is 9.78. The van der Waals surface area contributed by atoms with Crippen molar-refractivity contribution >= 4 is 5.97 Å². The van der Waals surface area contributed by atoms with Crippen molar-refractivity contribution in [2.45, 2.75) is 64.1 Å². The second kappa shape index (κ2) is 6.23. The Labute approximate surface area is 128 Å². The van der Waals surface area contributed by atoms with Gasteiger partial charge in [-0.1, -0.05) is 6.92 Å². The van der Waals surface area contributed by atoms with Crippen LogP contribution in [0.3, 0.4) is 0 Å². The zero-order valence-corrected chi connectivity index (χ0v) is 14.0. The minimum atomic E-state index is -0.694. The molecular formula is C16H31N3O2. The number of nitrogens with zero attached hydrogens (tertiary/aromatic N) is 2. The molecule has 122 valence electrons. The van der Waals surface area contributed by atoms with Crippen molar-refractivity contribution in [1.82, 2.24) is 15.1 Å². The molecule has 0 spiro atoms. The van der Waals surface area contributed by atoms with Crippen LogP contribution < -0.4 is 5.32 Å². The van der Waals surface area contributed by atoms with E-state index < -0.39 is 11.5 Å². The van der Waals surface area contributed by atoms with E-state index in [0.29, 0.717) is 6.04 Å². The molecule has 1 aliphatic heterocycles. The van der Waals surface area contributed by atoms with Crippen molar-refractivity contribution in [2.24, 2.45) is 0 Å². The molecule has 21 heavy (non-hydrogen) atoms. The van der Waals surface area contributed by atoms with Gasteiger partial charge < -0.3 is 10.4 Å². The zero-order valence-electron chi connectivity index (χ0n) is 14.0. The van der Waals surface area contributed by atoms with E-state index in [9.17, 15) is 9.90 Å². The molecule has 5 nitrogen and oxygen atoms in total. The Balaban J connectivity index is 1.92. The van der Waals surface area contributed by atoms with Gasteiger partial charge in [-0.05, 0) is 46.6 Å². The van der Waals surface area contributed by atoms with Gasteiger partial charge in [0.05, 0.1) is 0 Å². The van der Waals surface area contributed by atoms with Gasteiger partial charge in [0.2, 0.25) is 0 Å². The van der Waals surface area contributed by atoms with Gasteiger partial charge >= 0.3 is 5.97 Å². The van der Waals surface area contributed by atoms with E-state index in [0.717, 1.165) is 52.0 Å². The van der Waals surface area contributed by atoms with Crippen LogP contribution in [-0.2, 0) is 4.79 Å². The number of hydrogen-bond donors (Lipinski definition) is 2. The monoisotopic (exact) mass is 297 g/mol. The maximum atomic E-state index is 11.6. The van der Waals surface area contributed by atoms with Gasteiger partial charge in [0.1, 0.15) is 5.54 Å². The lowest BCUT2D eigenvalue weighted by Crippen LogP contribution is -2.56. The van der Waals surface area contributed by atoms with Crippen molar-refractivity contribution in [3.05, 3.63) is 0 Å². The Morgan fingerprint density at radius 2 is 1.90 bits per heavy atom. The number of piperazine rings is 1. The van der Waals surface area contributed by atoms with Crippen LogP contribution in [0.2, 0.25) is 0 Å². The highest BCUT2D eigenvalue weighted by atomic mass is 16.4. The minimum Gasteiger partial charge on any atom is -0.480 e. The fraction of sp³-hybridized carbons (Fsp3) is 0.938. The van der Waals surface area contributed by atoms with E-state index >= 15 is 0 Å². The van der Waals surface area contributed by atoms with Crippen LogP contribution in [0.5, 0.6) is 0 Å². The maximum absolute atomic E-state index is 11.6. The Morgan fingerprint density at radius 3 is 2.38 bits per heavy atom. The number of aliphatic carboxylic acids is 1. The third-order valence-corrected chi connectivity index (χ3v) is 5.19. The maximum Gasteiger partial charge on any atom is 0.323 e. The molecule has 0 radical (unpaired) electrons. The van der Waals surface area contributed by atoms with Gasteiger partial charge in [-0.25, -0.2) is 0 Å². The van der Waals surface area contributed by atoms with E-state index in [1.54, 1.807) is 0 Å². The SMILES string of the molecule is CCNC1(C(=O)O)CCC(N2CCN(C(C)(C)C)CC2)C1. The number of carboxylic acid groups (broad SMARTS) is 1. The van der Waals surface area contributed by atoms with Crippen LogP contribution in [0.1, 0.15) is 47.0 Å². The predicted molar refractivity (Wildman–Crippen MR) is 84.6 cm³/mol. The molecule has 5 heteroatoms. The van der Waals surface area contributed by atoms with E-state index in [2.05, 4.69) is 35.9 Å². The lowest BCUT2D eigenvalue weighted by Gasteiger charge is -2.44. The quantitative estimate of drug-likeness (QED) is 0.821. The summed E-state index contributed by atoms with van der Waals surface area (Å²) in [4.78, 5) is 16.7. The number of nitrogens with one attached hydrogen (secondary N) is 1. The summed E-state index contributed by atoms with van der Waals surface area (Å²) < 4.78 is 0. The standard InChI is InChI=1S/C16H31N3O2/c1-5-17-16(14(20)21)7-6-13(12-16)18-8-10-19(11-9-18)15(2,3)4/h13,17H,5-12H2,1-4H3,(H,20,21). The molecule has 2 N–H and O–H groups in total. The van der Waals surface area contributed by atoms with Crippen molar-refractivity contribution in [1.29, 1.82) is 0 Å². The second-order valence-corrected chi connectivity index (χ2v) is 7.51. The fourth-order valence-corrected chi connectivity index (χ4v) is 3.86. The summed E-state index contributed by atoms with van der Waals surface area (Å²) in [6.07, 6.45) is 2.49. The van der Waals surface area contributed by atoms with Crippen molar-refractivity contribution in [2.75, 3.05) is 32.7 Å². The molecule has 0 bridgehead atoms. The highest BCUT2D eigenvalue weighted by molar-refractivity contribution is 5.79. The molecule has 0 aromatic rings. The molecule has 2 unspecified atom stereocenters. The average molecular weight is 297 g/mol. The van der Waals surface area contributed by atoms with Gasteiger partial charge in [0.15, 0.2) is 0 Å². The van der Waals surface area contributed by atoms with Crippen molar-refractivity contribution in [3.8, 4) is 0 Å². The summed E-state index contributed by atoms with van der Waals surface area (Å²) in [6, 6.07) is 0.419. The summed E-state index contributed by atoms with van der Waals surface area (Å²) >= 11 is 0. The molecule has 1 aliphatic carbocycles. The van der Waals surface area contributed by atoms with Gasteiger partial charge in [-0.3, -0.25) is 14.6 Å². The van der Waals surface area contributed by atoms with E-state index in [4.69, 9.17) is 0 Å². The number of rotatable bonds is 4. The topological polar surface area (TPSA) is 55.8 Å². The molecule has 2 atom stereocenters. The fourth-order valence-electron chi connectivity index (χ4n) is 3.86. The Hall–Kier alpha value is -0.650. The molecule has 2 aliphatic rings. The summed E-state index contributed by atoms with van der Waals surface area (Å²) in [6.45, 7) is 13.8. The predicted octanol–water partition coefficient (Wildman–Crippen LogP) is 1.39. The summed E-state index contributed by atoms with van der Waals surface area (Å²) in [5.41, 5.74) is -0.461. The molecule has 2 fully saturated rings. The Bertz CT molecular complexity index is 372. The normalized spacial score (nSPS) is 32.5. The summed E-state index contributed by atoms with van der Waals surface area (Å²) in [5.74, 6) is -0.680. The highest BCUT2D eigenvalue weighted by Gasteiger charge is 2.46. The van der Waals surface area contributed by atoms with Crippen LogP contribution in [-0.4, -0.2) is 70.7 Å². The van der Waals surface area contributed by atoms with Crippen molar-refractivity contribution in [3.63, 3.8) is 0 Å². The van der Waals surface area contributed by atoms with E-state index in [1.165, 1.54) is 0 Å². The second-order valence-electron chi connectivity index (χ2n) is 7.51. The van der Waals surface area contributed by atoms with Gasteiger partial charge in [-0.15, -0.1) is 0 Å². The van der Waals surface area contributed by atoms with E-state index in [1.807, 2.05) is 6.92 Å².